The second-order valence-electron chi connectivity index (χ2n) is 5.76. The Morgan fingerprint density at radius 1 is 1.33 bits per heavy atom. The molecule has 0 amide bonds. The summed E-state index contributed by atoms with van der Waals surface area (Å²) < 4.78 is 5.64. The molecule has 1 aromatic carbocycles. The zero-order valence-electron chi connectivity index (χ0n) is 11.2. The van der Waals surface area contributed by atoms with Gasteiger partial charge in [0.2, 0.25) is 0 Å². The molecule has 18 heavy (non-hydrogen) atoms. The number of nitrogens with one attached hydrogen (secondary N) is 1. The highest BCUT2D eigenvalue weighted by Gasteiger charge is 2.45. The largest absolute Gasteiger partial charge is 0.494 e. The molecule has 1 spiro atoms. The van der Waals surface area contributed by atoms with E-state index in [1.165, 1.54) is 37.8 Å². The summed E-state index contributed by atoms with van der Waals surface area (Å²) in [5.41, 5.74) is 2.00. The molecule has 1 aliphatic heterocycles. The van der Waals surface area contributed by atoms with Gasteiger partial charge in [-0.05, 0) is 42.9 Å². The van der Waals surface area contributed by atoms with Gasteiger partial charge in [-0.3, -0.25) is 0 Å². The average Bonchev–Trinajstić information content (AvgIpc) is 3.01. The molecule has 2 aliphatic rings. The van der Waals surface area contributed by atoms with Crippen molar-refractivity contribution in [2.45, 2.75) is 38.5 Å². The van der Waals surface area contributed by atoms with Crippen LogP contribution in [0.2, 0.25) is 0 Å². The zero-order valence-corrected chi connectivity index (χ0v) is 11.2. The quantitative estimate of drug-likeness (QED) is 0.882. The van der Waals surface area contributed by atoms with Crippen molar-refractivity contribution in [1.29, 1.82) is 0 Å². The second-order valence-corrected chi connectivity index (χ2v) is 5.76. The Labute approximate surface area is 110 Å². The lowest BCUT2D eigenvalue weighted by Crippen LogP contribution is -2.25. The van der Waals surface area contributed by atoms with E-state index >= 15 is 0 Å². The van der Waals surface area contributed by atoms with Crippen molar-refractivity contribution in [3.05, 3.63) is 29.8 Å². The van der Waals surface area contributed by atoms with E-state index < -0.39 is 0 Å². The van der Waals surface area contributed by atoms with E-state index in [4.69, 9.17) is 4.74 Å². The molecule has 1 N–H and O–H groups in total. The molecule has 1 saturated heterocycles. The first-order chi connectivity index (χ1) is 8.84. The van der Waals surface area contributed by atoms with Crippen molar-refractivity contribution in [2.75, 3.05) is 19.7 Å². The van der Waals surface area contributed by atoms with Gasteiger partial charge >= 0.3 is 0 Å². The van der Waals surface area contributed by atoms with Crippen LogP contribution in [0.3, 0.4) is 0 Å². The highest BCUT2D eigenvalue weighted by molar-refractivity contribution is 5.33. The first-order valence-corrected chi connectivity index (χ1v) is 7.27. The molecule has 2 nitrogen and oxygen atoms in total. The fourth-order valence-corrected chi connectivity index (χ4v) is 3.87. The first-order valence-electron chi connectivity index (χ1n) is 7.27. The van der Waals surface area contributed by atoms with E-state index in [9.17, 15) is 0 Å². The topological polar surface area (TPSA) is 21.3 Å². The van der Waals surface area contributed by atoms with Crippen molar-refractivity contribution in [2.24, 2.45) is 5.41 Å². The predicted molar refractivity (Wildman–Crippen MR) is 74.1 cm³/mol. The molecule has 0 radical (unpaired) electrons. The maximum Gasteiger partial charge on any atom is 0.119 e. The molecule has 1 saturated carbocycles. The SMILES string of the molecule is CCOc1cccc(C2CNCC23CCCC3)c1. The molecule has 1 aliphatic carbocycles. The Morgan fingerprint density at radius 2 is 2.17 bits per heavy atom. The molecule has 2 heteroatoms. The minimum atomic E-state index is 0.533. The van der Waals surface area contributed by atoms with Crippen LogP contribution in [0, 0.1) is 5.41 Å². The first kappa shape index (κ1) is 12.0. The van der Waals surface area contributed by atoms with E-state index in [0.717, 1.165) is 18.9 Å². The Balaban J connectivity index is 1.87. The third-order valence-electron chi connectivity index (χ3n) is 4.74. The van der Waals surface area contributed by atoms with E-state index in [0.29, 0.717) is 11.3 Å². The molecule has 0 bridgehead atoms. The molecule has 0 aromatic heterocycles. The minimum Gasteiger partial charge on any atom is -0.494 e. The van der Waals surface area contributed by atoms with Gasteiger partial charge in [0.1, 0.15) is 5.75 Å². The number of ether oxygens (including phenoxy) is 1. The highest BCUT2D eigenvalue weighted by Crippen LogP contribution is 2.51. The van der Waals surface area contributed by atoms with Crippen LogP contribution < -0.4 is 10.1 Å². The Hall–Kier alpha value is -1.02. The monoisotopic (exact) mass is 245 g/mol. The predicted octanol–water partition coefficient (Wildman–Crippen LogP) is 3.33. The van der Waals surface area contributed by atoms with Gasteiger partial charge in [0, 0.05) is 19.0 Å². The lowest BCUT2D eigenvalue weighted by Gasteiger charge is -2.30. The maximum absolute atomic E-state index is 5.64. The molecule has 1 aromatic rings. The van der Waals surface area contributed by atoms with E-state index in [2.05, 4.69) is 29.6 Å². The van der Waals surface area contributed by atoms with Crippen LogP contribution in [0.5, 0.6) is 5.75 Å². The van der Waals surface area contributed by atoms with Gasteiger partial charge in [-0.2, -0.15) is 0 Å². The van der Waals surface area contributed by atoms with Gasteiger partial charge in [-0.25, -0.2) is 0 Å². The minimum absolute atomic E-state index is 0.533. The van der Waals surface area contributed by atoms with Crippen LogP contribution in [0.4, 0.5) is 0 Å². The van der Waals surface area contributed by atoms with Gasteiger partial charge in [0.25, 0.3) is 0 Å². The summed E-state index contributed by atoms with van der Waals surface area (Å²) in [5, 5.41) is 3.61. The summed E-state index contributed by atoms with van der Waals surface area (Å²) in [4.78, 5) is 0. The number of benzene rings is 1. The maximum atomic E-state index is 5.64. The van der Waals surface area contributed by atoms with Crippen molar-refractivity contribution in [3.63, 3.8) is 0 Å². The summed E-state index contributed by atoms with van der Waals surface area (Å²) in [7, 11) is 0. The fourth-order valence-electron chi connectivity index (χ4n) is 3.87. The highest BCUT2D eigenvalue weighted by atomic mass is 16.5. The Morgan fingerprint density at radius 3 is 2.94 bits per heavy atom. The normalized spacial score (nSPS) is 25.7. The van der Waals surface area contributed by atoms with Gasteiger partial charge in [-0.15, -0.1) is 0 Å². The third kappa shape index (κ3) is 2.03. The van der Waals surface area contributed by atoms with Gasteiger partial charge in [-0.1, -0.05) is 25.0 Å². The molecular formula is C16H23NO. The second kappa shape index (κ2) is 4.93. The standard InChI is InChI=1S/C16H23NO/c1-2-18-14-7-5-6-13(10-14)15-11-17-12-16(15)8-3-4-9-16/h5-7,10,15,17H,2-4,8-9,11-12H2,1H3. The van der Waals surface area contributed by atoms with Crippen molar-refractivity contribution >= 4 is 0 Å². The molecule has 3 rings (SSSR count). The van der Waals surface area contributed by atoms with Crippen molar-refractivity contribution < 1.29 is 4.74 Å². The van der Waals surface area contributed by atoms with Gasteiger partial charge in [0.05, 0.1) is 6.61 Å². The van der Waals surface area contributed by atoms with Crippen LogP contribution in [-0.2, 0) is 0 Å². The lowest BCUT2D eigenvalue weighted by molar-refractivity contribution is 0.293. The number of hydrogen-bond acceptors (Lipinski definition) is 2. The summed E-state index contributed by atoms with van der Waals surface area (Å²) in [6.07, 6.45) is 5.60. The van der Waals surface area contributed by atoms with Gasteiger partial charge < -0.3 is 10.1 Å². The van der Waals surface area contributed by atoms with Gasteiger partial charge in [0.15, 0.2) is 0 Å². The van der Waals surface area contributed by atoms with E-state index in [1.807, 2.05) is 6.92 Å². The fraction of sp³-hybridized carbons (Fsp3) is 0.625. The third-order valence-corrected chi connectivity index (χ3v) is 4.74. The molecule has 1 heterocycles. The van der Waals surface area contributed by atoms with Crippen molar-refractivity contribution in [1.82, 2.24) is 5.32 Å². The molecule has 1 atom stereocenters. The van der Waals surface area contributed by atoms with E-state index in [1.54, 1.807) is 0 Å². The smallest absolute Gasteiger partial charge is 0.119 e. The summed E-state index contributed by atoms with van der Waals surface area (Å²) >= 11 is 0. The van der Waals surface area contributed by atoms with Crippen LogP contribution in [0.15, 0.2) is 24.3 Å². The van der Waals surface area contributed by atoms with Crippen LogP contribution >= 0.6 is 0 Å². The zero-order chi connectivity index (χ0) is 12.4. The Bertz CT molecular complexity index is 404. The summed E-state index contributed by atoms with van der Waals surface area (Å²) in [6, 6.07) is 8.74. The molecule has 2 fully saturated rings. The number of rotatable bonds is 3. The molecule has 1 unspecified atom stereocenters. The Kier molecular flexibility index (Phi) is 3.29. The van der Waals surface area contributed by atoms with Crippen LogP contribution in [0.25, 0.3) is 0 Å². The lowest BCUT2D eigenvalue weighted by atomic mass is 9.73. The molecular weight excluding hydrogens is 222 g/mol. The van der Waals surface area contributed by atoms with Crippen LogP contribution in [-0.4, -0.2) is 19.7 Å². The summed E-state index contributed by atoms with van der Waals surface area (Å²) in [5.74, 6) is 1.70. The molecule has 98 valence electrons. The number of hydrogen-bond donors (Lipinski definition) is 1. The summed E-state index contributed by atoms with van der Waals surface area (Å²) in [6.45, 7) is 5.13. The average molecular weight is 245 g/mol. The van der Waals surface area contributed by atoms with Crippen LogP contribution in [0.1, 0.15) is 44.1 Å². The van der Waals surface area contributed by atoms with E-state index in [-0.39, 0.29) is 0 Å². The van der Waals surface area contributed by atoms with Crippen molar-refractivity contribution in [3.8, 4) is 5.75 Å².